The quantitative estimate of drug-likeness (QED) is 0.818. The summed E-state index contributed by atoms with van der Waals surface area (Å²) in [4.78, 5) is 3.85. The fraction of sp³-hybridized carbons (Fsp3) is 0. The van der Waals surface area contributed by atoms with Crippen LogP contribution in [0.5, 0.6) is 0 Å². The highest BCUT2D eigenvalue weighted by Gasteiger charge is 2.19. The molecule has 4 nitrogen and oxygen atoms in total. The van der Waals surface area contributed by atoms with Gasteiger partial charge in [0.1, 0.15) is 9.50 Å². The molecule has 19 heavy (non-hydrogen) atoms. The Morgan fingerprint density at radius 2 is 1.89 bits per heavy atom. The Morgan fingerprint density at radius 1 is 1.16 bits per heavy atom. The first kappa shape index (κ1) is 14.6. The van der Waals surface area contributed by atoms with Crippen LogP contribution in [-0.4, -0.2) is 13.4 Å². The fourth-order valence-electron chi connectivity index (χ4n) is 1.34. The minimum absolute atomic E-state index is 0.0123. The first-order valence-electron chi connectivity index (χ1n) is 4.98. The number of sulfonamides is 1. The van der Waals surface area contributed by atoms with Gasteiger partial charge in [-0.15, -0.1) is 0 Å². The van der Waals surface area contributed by atoms with Crippen LogP contribution >= 0.6 is 39.1 Å². The van der Waals surface area contributed by atoms with E-state index < -0.39 is 10.0 Å². The SMILES string of the molecule is O=S(=O)(Nc1ccc(Br)nc1)c1cccc(Cl)c1Cl. The summed E-state index contributed by atoms with van der Waals surface area (Å²) < 4.78 is 27.3. The second-order valence-corrected chi connectivity index (χ2v) is 6.78. The zero-order valence-electron chi connectivity index (χ0n) is 9.27. The summed E-state index contributed by atoms with van der Waals surface area (Å²) in [6.45, 7) is 0. The molecule has 2 aromatic rings. The van der Waals surface area contributed by atoms with Gasteiger partial charge in [0.2, 0.25) is 0 Å². The Kier molecular flexibility index (Phi) is 4.35. The van der Waals surface area contributed by atoms with E-state index >= 15 is 0 Å². The zero-order chi connectivity index (χ0) is 14.0. The summed E-state index contributed by atoms with van der Waals surface area (Å²) in [6, 6.07) is 7.61. The molecule has 0 atom stereocenters. The van der Waals surface area contributed by atoms with E-state index in [1.807, 2.05) is 0 Å². The number of hydrogen-bond donors (Lipinski definition) is 1. The summed E-state index contributed by atoms with van der Waals surface area (Å²) in [5.74, 6) is 0. The molecule has 0 saturated carbocycles. The molecule has 1 aromatic carbocycles. The average Bonchev–Trinajstić information content (AvgIpc) is 2.35. The highest BCUT2D eigenvalue weighted by Crippen LogP contribution is 2.30. The lowest BCUT2D eigenvalue weighted by molar-refractivity contribution is 0.601. The number of nitrogens with one attached hydrogen (secondary N) is 1. The molecule has 0 amide bonds. The molecule has 0 aliphatic heterocycles. The van der Waals surface area contributed by atoms with Crippen molar-refractivity contribution in [2.45, 2.75) is 4.90 Å². The van der Waals surface area contributed by atoms with Gasteiger partial charge in [-0.1, -0.05) is 29.3 Å². The van der Waals surface area contributed by atoms with Crippen molar-refractivity contribution in [1.29, 1.82) is 0 Å². The van der Waals surface area contributed by atoms with Crippen molar-refractivity contribution < 1.29 is 8.42 Å². The van der Waals surface area contributed by atoms with E-state index in [1.54, 1.807) is 12.1 Å². The highest BCUT2D eigenvalue weighted by molar-refractivity contribution is 9.10. The van der Waals surface area contributed by atoms with Gasteiger partial charge in [-0.05, 0) is 40.2 Å². The number of hydrogen-bond acceptors (Lipinski definition) is 3. The largest absolute Gasteiger partial charge is 0.278 e. The Balaban J connectivity index is 2.38. The highest BCUT2D eigenvalue weighted by atomic mass is 79.9. The summed E-state index contributed by atoms with van der Waals surface area (Å²) in [6.07, 6.45) is 1.39. The van der Waals surface area contributed by atoms with E-state index in [0.717, 1.165) is 0 Å². The molecule has 1 aromatic heterocycles. The van der Waals surface area contributed by atoms with Gasteiger partial charge >= 0.3 is 0 Å². The van der Waals surface area contributed by atoms with Crippen LogP contribution in [-0.2, 0) is 10.0 Å². The minimum Gasteiger partial charge on any atom is -0.278 e. The van der Waals surface area contributed by atoms with Gasteiger partial charge in [0.05, 0.1) is 21.9 Å². The summed E-state index contributed by atoms with van der Waals surface area (Å²) in [5, 5.41) is 0.167. The molecule has 1 N–H and O–H groups in total. The summed E-state index contributed by atoms with van der Waals surface area (Å²) in [7, 11) is -3.80. The predicted molar refractivity (Wildman–Crippen MR) is 79.2 cm³/mol. The first-order chi connectivity index (χ1) is 8.90. The monoisotopic (exact) mass is 380 g/mol. The molecule has 1 heterocycles. The summed E-state index contributed by atoms with van der Waals surface area (Å²) in [5.41, 5.74) is 0.333. The van der Waals surface area contributed by atoms with Gasteiger partial charge in [-0.2, -0.15) is 0 Å². The molecule has 2 rings (SSSR count). The molecule has 0 aliphatic rings. The fourth-order valence-corrected chi connectivity index (χ4v) is 3.38. The third-order valence-corrected chi connectivity index (χ3v) is 5.01. The van der Waals surface area contributed by atoms with Gasteiger partial charge < -0.3 is 0 Å². The number of rotatable bonds is 3. The maximum atomic E-state index is 12.2. The standard InChI is InChI=1S/C11H7BrCl2N2O2S/c12-10-5-4-7(6-15-10)16-19(17,18)9-3-1-2-8(13)11(9)14/h1-6,16H. The van der Waals surface area contributed by atoms with Crippen LogP contribution in [0.15, 0.2) is 46.0 Å². The Labute approximate surface area is 128 Å². The molecule has 0 aliphatic carbocycles. The molecule has 0 bridgehead atoms. The average molecular weight is 382 g/mol. The number of nitrogens with zero attached hydrogens (tertiary/aromatic N) is 1. The van der Waals surface area contributed by atoms with Crippen LogP contribution in [0.1, 0.15) is 0 Å². The topological polar surface area (TPSA) is 59.1 Å². The Bertz CT molecular complexity index is 705. The lowest BCUT2D eigenvalue weighted by Gasteiger charge is -2.09. The van der Waals surface area contributed by atoms with Crippen molar-refractivity contribution in [2.75, 3.05) is 4.72 Å². The van der Waals surface area contributed by atoms with Crippen LogP contribution in [0.4, 0.5) is 5.69 Å². The van der Waals surface area contributed by atoms with Gasteiger partial charge in [0.15, 0.2) is 0 Å². The lowest BCUT2D eigenvalue weighted by Crippen LogP contribution is -2.13. The van der Waals surface area contributed by atoms with Crippen LogP contribution in [0.3, 0.4) is 0 Å². The molecule has 0 radical (unpaired) electrons. The van der Waals surface area contributed by atoms with E-state index in [9.17, 15) is 8.42 Å². The summed E-state index contributed by atoms with van der Waals surface area (Å²) >= 11 is 14.9. The van der Waals surface area contributed by atoms with Crippen LogP contribution in [0, 0.1) is 0 Å². The van der Waals surface area contributed by atoms with Crippen molar-refractivity contribution in [3.05, 3.63) is 51.2 Å². The van der Waals surface area contributed by atoms with Gasteiger partial charge in [-0.25, -0.2) is 13.4 Å². The molecule has 0 spiro atoms. The number of aromatic nitrogens is 1. The zero-order valence-corrected chi connectivity index (χ0v) is 13.2. The number of benzene rings is 1. The van der Waals surface area contributed by atoms with Crippen molar-refractivity contribution in [2.24, 2.45) is 0 Å². The maximum absolute atomic E-state index is 12.2. The molecule has 0 saturated heterocycles. The van der Waals surface area contributed by atoms with Gasteiger partial charge in [0, 0.05) is 0 Å². The van der Waals surface area contributed by atoms with E-state index in [1.165, 1.54) is 24.4 Å². The number of pyridine rings is 1. The second-order valence-electron chi connectivity index (χ2n) is 3.53. The lowest BCUT2D eigenvalue weighted by atomic mass is 10.4. The number of halogens is 3. The molecular formula is C11H7BrCl2N2O2S. The van der Waals surface area contributed by atoms with Crippen LogP contribution < -0.4 is 4.72 Å². The van der Waals surface area contributed by atoms with Crippen molar-refractivity contribution in [3.63, 3.8) is 0 Å². The molecule has 8 heteroatoms. The maximum Gasteiger partial charge on any atom is 0.263 e. The smallest absolute Gasteiger partial charge is 0.263 e. The van der Waals surface area contributed by atoms with Crippen LogP contribution in [0.25, 0.3) is 0 Å². The van der Waals surface area contributed by atoms with Crippen molar-refractivity contribution in [1.82, 2.24) is 4.98 Å². The third-order valence-electron chi connectivity index (χ3n) is 2.19. The second kappa shape index (κ2) is 5.66. The normalized spacial score (nSPS) is 11.3. The van der Waals surface area contributed by atoms with Crippen LogP contribution in [0.2, 0.25) is 10.0 Å². The first-order valence-corrected chi connectivity index (χ1v) is 8.02. The third kappa shape index (κ3) is 3.39. The Hall–Kier alpha value is -0.820. The molecular weight excluding hydrogens is 375 g/mol. The van der Waals surface area contributed by atoms with Crippen molar-refractivity contribution in [3.8, 4) is 0 Å². The predicted octanol–water partition coefficient (Wildman–Crippen LogP) is 3.95. The van der Waals surface area contributed by atoms with E-state index in [0.29, 0.717) is 10.3 Å². The molecule has 0 fully saturated rings. The molecule has 0 unspecified atom stereocenters. The van der Waals surface area contributed by atoms with E-state index in [4.69, 9.17) is 23.2 Å². The number of anilines is 1. The minimum atomic E-state index is -3.80. The molecule has 100 valence electrons. The van der Waals surface area contributed by atoms with Gasteiger partial charge in [0.25, 0.3) is 10.0 Å². The van der Waals surface area contributed by atoms with E-state index in [2.05, 4.69) is 25.6 Å². The Morgan fingerprint density at radius 3 is 2.53 bits per heavy atom. The van der Waals surface area contributed by atoms with Gasteiger partial charge in [-0.3, -0.25) is 4.72 Å². The van der Waals surface area contributed by atoms with E-state index in [-0.39, 0.29) is 14.9 Å². The van der Waals surface area contributed by atoms with Crippen molar-refractivity contribution >= 4 is 54.8 Å².